The van der Waals surface area contributed by atoms with Crippen molar-refractivity contribution >= 4 is 16.8 Å². The Bertz CT molecular complexity index is 1240. The van der Waals surface area contributed by atoms with Gasteiger partial charge >= 0.3 is 0 Å². The number of nitrogens with one attached hydrogen (secondary N) is 2. The highest BCUT2D eigenvalue weighted by atomic mass is 16.5. The number of fused-ring (bicyclic) bond motifs is 2. The first kappa shape index (κ1) is 22.6. The number of rotatable bonds is 5. The zero-order valence-electron chi connectivity index (χ0n) is 20.4. The van der Waals surface area contributed by atoms with Gasteiger partial charge in [0.05, 0.1) is 23.4 Å². The van der Waals surface area contributed by atoms with Crippen LogP contribution in [0.15, 0.2) is 66.2 Å². The van der Waals surface area contributed by atoms with Crippen molar-refractivity contribution in [3.05, 3.63) is 71.8 Å². The van der Waals surface area contributed by atoms with E-state index in [1.54, 1.807) is 0 Å². The number of pyridine rings is 1. The molecule has 1 aromatic heterocycles. The Labute approximate surface area is 201 Å². The number of hydrogen-bond donors (Lipinski definition) is 2. The summed E-state index contributed by atoms with van der Waals surface area (Å²) in [7, 11) is 0. The molecule has 0 saturated carbocycles. The van der Waals surface area contributed by atoms with E-state index in [1.165, 1.54) is 5.57 Å². The molecule has 2 aliphatic rings. The Balaban J connectivity index is 1.44. The van der Waals surface area contributed by atoms with E-state index in [9.17, 15) is 4.79 Å². The number of ether oxygens (including phenoxy) is 1. The molecule has 176 valence electrons. The Hall–Kier alpha value is -3.18. The number of aromatic nitrogens is 1. The standard InChI is InChI=1S/C29H33N3O2/c1-5-34-21-12-10-18(11-13-21)26-16-24(22-8-6-7-9-25(22)32-26)28(33)31-20-14-19-17-30-27(23(19)15-20)29(2,3)4/h6-13,15-16,19-20,27,30H,5,14,17H2,1-4H3,(H,31,33)/t19-,20-,27?/m0/s1. The summed E-state index contributed by atoms with van der Waals surface area (Å²) < 4.78 is 5.57. The van der Waals surface area contributed by atoms with E-state index in [1.807, 2.05) is 61.5 Å². The van der Waals surface area contributed by atoms with Crippen molar-refractivity contribution in [1.82, 2.24) is 15.6 Å². The van der Waals surface area contributed by atoms with Crippen LogP contribution < -0.4 is 15.4 Å². The maximum absolute atomic E-state index is 13.5. The van der Waals surface area contributed by atoms with Crippen molar-refractivity contribution in [2.24, 2.45) is 11.3 Å². The Kier molecular flexibility index (Phi) is 5.90. The molecule has 5 nitrogen and oxygen atoms in total. The highest BCUT2D eigenvalue weighted by Gasteiger charge is 2.41. The van der Waals surface area contributed by atoms with Gasteiger partial charge in [0.25, 0.3) is 5.91 Å². The van der Waals surface area contributed by atoms with E-state index in [0.717, 1.165) is 40.9 Å². The van der Waals surface area contributed by atoms with Gasteiger partial charge < -0.3 is 15.4 Å². The highest BCUT2D eigenvalue weighted by Crippen LogP contribution is 2.39. The quantitative estimate of drug-likeness (QED) is 0.508. The van der Waals surface area contributed by atoms with Crippen LogP contribution in [0, 0.1) is 11.3 Å². The van der Waals surface area contributed by atoms with Crippen LogP contribution in [0.5, 0.6) is 5.75 Å². The number of carbonyl (C=O) groups is 1. The van der Waals surface area contributed by atoms with Crippen molar-refractivity contribution < 1.29 is 9.53 Å². The summed E-state index contributed by atoms with van der Waals surface area (Å²) in [6.45, 7) is 10.4. The van der Waals surface area contributed by atoms with Gasteiger partial charge in [-0.15, -0.1) is 0 Å². The summed E-state index contributed by atoms with van der Waals surface area (Å²) >= 11 is 0. The van der Waals surface area contributed by atoms with Crippen LogP contribution >= 0.6 is 0 Å². The molecule has 5 heteroatoms. The highest BCUT2D eigenvalue weighted by molar-refractivity contribution is 6.07. The fraction of sp³-hybridized carbons (Fsp3) is 0.379. The lowest BCUT2D eigenvalue weighted by Crippen LogP contribution is -2.37. The van der Waals surface area contributed by atoms with E-state index in [-0.39, 0.29) is 17.4 Å². The fourth-order valence-corrected chi connectivity index (χ4v) is 5.34. The van der Waals surface area contributed by atoms with E-state index in [2.05, 4.69) is 37.5 Å². The maximum atomic E-state index is 13.5. The normalized spacial score (nSPS) is 21.9. The monoisotopic (exact) mass is 455 g/mol. The van der Waals surface area contributed by atoms with Gasteiger partial charge in [0, 0.05) is 29.6 Å². The third-order valence-electron chi connectivity index (χ3n) is 6.91. The van der Waals surface area contributed by atoms with E-state index in [0.29, 0.717) is 24.1 Å². The molecule has 1 amide bonds. The topological polar surface area (TPSA) is 63.2 Å². The molecular formula is C29H33N3O2. The molecule has 5 rings (SSSR count). The van der Waals surface area contributed by atoms with Gasteiger partial charge in [0.2, 0.25) is 0 Å². The van der Waals surface area contributed by atoms with Gasteiger partial charge in [0.1, 0.15) is 5.75 Å². The molecule has 3 aromatic rings. The molecular weight excluding hydrogens is 422 g/mol. The zero-order chi connectivity index (χ0) is 23.9. The second-order valence-electron chi connectivity index (χ2n) is 10.4. The van der Waals surface area contributed by atoms with Crippen LogP contribution in [-0.4, -0.2) is 36.1 Å². The lowest BCUT2D eigenvalue weighted by atomic mass is 9.82. The number of carbonyl (C=O) groups excluding carboxylic acids is 1. The predicted molar refractivity (Wildman–Crippen MR) is 137 cm³/mol. The van der Waals surface area contributed by atoms with Crippen molar-refractivity contribution in [3.8, 4) is 17.0 Å². The van der Waals surface area contributed by atoms with Crippen LogP contribution in [0.4, 0.5) is 0 Å². The molecule has 34 heavy (non-hydrogen) atoms. The molecule has 2 aromatic carbocycles. The molecule has 0 radical (unpaired) electrons. The van der Waals surface area contributed by atoms with E-state index < -0.39 is 0 Å². The summed E-state index contributed by atoms with van der Waals surface area (Å²) in [5, 5.41) is 7.84. The number of nitrogens with zero attached hydrogens (tertiary/aromatic N) is 1. The Morgan fingerprint density at radius 2 is 1.91 bits per heavy atom. The van der Waals surface area contributed by atoms with Crippen molar-refractivity contribution in [3.63, 3.8) is 0 Å². The summed E-state index contributed by atoms with van der Waals surface area (Å²) in [4.78, 5) is 18.4. The number of benzene rings is 2. The minimum absolute atomic E-state index is 0.0483. The zero-order valence-corrected chi connectivity index (χ0v) is 20.4. The Morgan fingerprint density at radius 1 is 1.15 bits per heavy atom. The van der Waals surface area contributed by atoms with Crippen molar-refractivity contribution in [2.75, 3.05) is 13.2 Å². The summed E-state index contributed by atoms with van der Waals surface area (Å²) in [6.07, 6.45) is 3.24. The third-order valence-corrected chi connectivity index (χ3v) is 6.91. The van der Waals surface area contributed by atoms with Crippen LogP contribution in [0.25, 0.3) is 22.2 Å². The molecule has 1 aliphatic heterocycles. The van der Waals surface area contributed by atoms with Gasteiger partial charge in [0.15, 0.2) is 0 Å². The van der Waals surface area contributed by atoms with Gasteiger partial charge in [-0.1, -0.05) is 50.6 Å². The molecule has 1 unspecified atom stereocenters. The Morgan fingerprint density at radius 3 is 2.65 bits per heavy atom. The first-order chi connectivity index (χ1) is 16.3. The molecule has 1 aliphatic carbocycles. The lowest BCUT2D eigenvalue weighted by Gasteiger charge is -2.28. The van der Waals surface area contributed by atoms with Crippen molar-refractivity contribution in [1.29, 1.82) is 0 Å². The molecule has 2 N–H and O–H groups in total. The average Bonchev–Trinajstić information content (AvgIpc) is 3.39. The second-order valence-corrected chi connectivity index (χ2v) is 10.4. The first-order valence-electron chi connectivity index (χ1n) is 12.2. The fourth-order valence-electron chi connectivity index (χ4n) is 5.34. The summed E-state index contributed by atoms with van der Waals surface area (Å²) in [6, 6.07) is 18.1. The van der Waals surface area contributed by atoms with Crippen LogP contribution in [0.3, 0.4) is 0 Å². The molecule has 1 fully saturated rings. The number of para-hydroxylation sites is 1. The number of hydrogen-bond acceptors (Lipinski definition) is 4. The second kappa shape index (κ2) is 8.88. The average molecular weight is 456 g/mol. The molecule has 1 saturated heterocycles. The lowest BCUT2D eigenvalue weighted by molar-refractivity contribution is 0.0944. The summed E-state index contributed by atoms with van der Waals surface area (Å²) in [5.74, 6) is 1.28. The first-order valence-corrected chi connectivity index (χ1v) is 12.2. The van der Waals surface area contributed by atoms with Gasteiger partial charge in [-0.2, -0.15) is 0 Å². The van der Waals surface area contributed by atoms with Gasteiger partial charge in [-0.05, 0) is 61.1 Å². The third kappa shape index (κ3) is 4.32. The SMILES string of the molecule is CCOc1ccc(-c2cc(C(=O)N[C@@H]3C=C4C(C(C)(C)C)NC[C@@H]4C3)c3ccccc3n2)cc1. The molecule has 0 bridgehead atoms. The summed E-state index contributed by atoms with van der Waals surface area (Å²) in [5.41, 5.74) is 4.83. The number of amides is 1. The van der Waals surface area contributed by atoms with E-state index >= 15 is 0 Å². The maximum Gasteiger partial charge on any atom is 0.252 e. The largest absolute Gasteiger partial charge is 0.494 e. The van der Waals surface area contributed by atoms with Crippen molar-refractivity contribution in [2.45, 2.75) is 46.2 Å². The van der Waals surface area contributed by atoms with Gasteiger partial charge in [-0.3, -0.25) is 4.79 Å². The van der Waals surface area contributed by atoms with E-state index in [4.69, 9.17) is 9.72 Å². The molecule has 3 atom stereocenters. The van der Waals surface area contributed by atoms with Gasteiger partial charge in [-0.25, -0.2) is 4.98 Å². The van der Waals surface area contributed by atoms with Crippen LogP contribution in [0.1, 0.15) is 44.5 Å². The predicted octanol–water partition coefficient (Wildman–Crippen LogP) is 5.36. The molecule has 2 heterocycles. The smallest absolute Gasteiger partial charge is 0.252 e. The molecule has 0 spiro atoms. The minimum atomic E-state index is -0.0483. The van der Waals surface area contributed by atoms with Crippen LogP contribution in [-0.2, 0) is 0 Å². The van der Waals surface area contributed by atoms with Crippen LogP contribution in [0.2, 0.25) is 0 Å². The minimum Gasteiger partial charge on any atom is -0.494 e.